The molecule has 128 valence electrons. The Balaban J connectivity index is 1.51. The minimum Gasteiger partial charge on any atom is -0.479 e. The molecule has 8 heteroatoms. The molecular formula is C17H15N3O4S. The number of aromatic nitrogens is 2. The molecule has 2 aromatic carbocycles. The third kappa shape index (κ3) is 4.30. The van der Waals surface area contributed by atoms with Crippen molar-refractivity contribution in [2.24, 2.45) is 0 Å². The Labute approximate surface area is 147 Å². The summed E-state index contributed by atoms with van der Waals surface area (Å²) < 4.78 is 18.7. The molecule has 0 saturated carbocycles. The number of nitrogens with zero attached hydrogens (tertiary/aromatic N) is 2. The molecule has 25 heavy (non-hydrogen) atoms. The average molecular weight is 357 g/mol. The van der Waals surface area contributed by atoms with Crippen LogP contribution in [-0.2, 0) is 14.3 Å². The van der Waals surface area contributed by atoms with Gasteiger partial charge in [-0.25, -0.2) is 4.79 Å². The van der Waals surface area contributed by atoms with E-state index in [9.17, 15) is 9.59 Å². The number of para-hydroxylation sites is 1. The van der Waals surface area contributed by atoms with Crippen LogP contribution in [-0.4, -0.2) is 33.3 Å². The van der Waals surface area contributed by atoms with Gasteiger partial charge in [0.05, 0.1) is 17.4 Å². The van der Waals surface area contributed by atoms with Crippen LogP contribution in [0.5, 0.6) is 5.75 Å². The van der Waals surface area contributed by atoms with Gasteiger partial charge in [0, 0.05) is 0 Å². The van der Waals surface area contributed by atoms with Crippen molar-refractivity contribution < 1.29 is 19.1 Å². The van der Waals surface area contributed by atoms with Crippen LogP contribution in [0.3, 0.4) is 0 Å². The summed E-state index contributed by atoms with van der Waals surface area (Å²) in [5, 5.41) is 2.66. The van der Waals surface area contributed by atoms with Crippen LogP contribution in [0.2, 0.25) is 0 Å². The monoisotopic (exact) mass is 357 g/mol. The van der Waals surface area contributed by atoms with E-state index in [1.807, 2.05) is 6.07 Å². The zero-order valence-electron chi connectivity index (χ0n) is 13.3. The van der Waals surface area contributed by atoms with Crippen molar-refractivity contribution in [1.82, 2.24) is 8.75 Å². The van der Waals surface area contributed by atoms with Crippen LogP contribution >= 0.6 is 11.7 Å². The van der Waals surface area contributed by atoms with Crippen molar-refractivity contribution in [3.05, 3.63) is 48.5 Å². The Morgan fingerprint density at radius 2 is 1.92 bits per heavy atom. The smallest absolute Gasteiger partial charge is 0.347 e. The third-order valence-electron chi connectivity index (χ3n) is 3.29. The summed E-state index contributed by atoms with van der Waals surface area (Å²) in [6.07, 6.45) is -0.818. The maximum Gasteiger partial charge on any atom is 0.347 e. The second-order valence-corrected chi connectivity index (χ2v) is 5.69. The van der Waals surface area contributed by atoms with Crippen molar-refractivity contribution in [2.75, 3.05) is 11.9 Å². The van der Waals surface area contributed by atoms with Crippen LogP contribution in [0.15, 0.2) is 48.5 Å². The molecule has 1 atom stereocenters. The zero-order chi connectivity index (χ0) is 17.6. The highest BCUT2D eigenvalue weighted by Crippen LogP contribution is 2.21. The van der Waals surface area contributed by atoms with Gasteiger partial charge in [-0.3, -0.25) is 4.79 Å². The van der Waals surface area contributed by atoms with Gasteiger partial charge < -0.3 is 14.8 Å². The van der Waals surface area contributed by atoms with Crippen molar-refractivity contribution >= 4 is 40.3 Å². The molecule has 3 rings (SSSR count). The molecular weight excluding hydrogens is 342 g/mol. The van der Waals surface area contributed by atoms with E-state index >= 15 is 0 Å². The van der Waals surface area contributed by atoms with Crippen LogP contribution in [0.25, 0.3) is 11.0 Å². The van der Waals surface area contributed by atoms with Gasteiger partial charge in [0.15, 0.2) is 12.7 Å². The Bertz CT molecular complexity index is 882. The molecule has 0 bridgehead atoms. The van der Waals surface area contributed by atoms with Gasteiger partial charge in [0.2, 0.25) is 0 Å². The number of carbonyl (C=O) groups is 2. The van der Waals surface area contributed by atoms with Crippen molar-refractivity contribution in [3.8, 4) is 5.75 Å². The second kappa shape index (κ2) is 7.71. The van der Waals surface area contributed by atoms with E-state index in [0.29, 0.717) is 22.5 Å². The molecule has 0 saturated heterocycles. The fourth-order valence-electron chi connectivity index (χ4n) is 2.10. The number of ether oxygens (including phenoxy) is 2. The fourth-order valence-corrected chi connectivity index (χ4v) is 2.65. The first-order chi connectivity index (χ1) is 12.1. The number of hydrogen-bond acceptors (Lipinski definition) is 7. The maximum atomic E-state index is 12.0. The van der Waals surface area contributed by atoms with Crippen molar-refractivity contribution in [1.29, 1.82) is 0 Å². The lowest BCUT2D eigenvalue weighted by molar-refractivity contribution is -0.153. The molecule has 1 heterocycles. The zero-order valence-corrected chi connectivity index (χ0v) is 14.2. The summed E-state index contributed by atoms with van der Waals surface area (Å²) in [6, 6.07) is 14.2. The predicted octanol–water partition coefficient (Wildman–Crippen LogP) is 2.64. The summed E-state index contributed by atoms with van der Waals surface area (Å²) in [5.74, 6) is -0.521. The summed E-state index contributed by atoms with van der Waals surface area (Å²) in [4.78, 5) is 23.9. The molecule has 1 N–H and O–H groups in total. The molecule has 0 fully saturated rings. The Kier molecular flexibility index (Phi) is 5.20. The van der Waals surface area contributed by atoms with E-state index in [1.165, 1.54) is 0 Å². The minimum atomic E-state index is -0.818. The number of esters is 1. The first-order valence-corrected chi connectivity index (χ1v) is 8.26. The number of carbonyl (C=O) groups excluding carboxylic acids is 2. The molecule has 1 aromatic heterocycles. The van der Waals surface area contributed by atoms with Crippen LogP contribution < -0.4 is 10.1 Å². The summed E-state index contributed by atoms with van der Waals surface area (Å²) >= 11 is 1.06. The molecule has 3 aromatic rings. The van der Waals surface area contributed by atoms with Crippen molar-refractivity contribution in [3.63, 3.8) is 0 Å². The van der Waals surface area contributed by atoms with Gasteiger partial charge in [-0.15, -0.1) is 0 Å². The predicted molar refractivity (Wildman–Crippen MR) is 93.5 cm³/mol. The molecule has 0 aliphatic carbocycles. The highest BCUT2D eigenvalue weighted by atomic mass is 32.1. The second-order valence-electron chi connectivity index (χ2n) is 5.17. The Hall–Kier alpha value is -3.00. The van der Waals surface area contributed by atoms with Crippen LogP contribution in [0.4, 0.5) is 5.69 Å². The van der Waals surface area contributed by atoms with Gasteiger partial charge in [0.1, 0.15) is 16.8 Å². The number of fused-ring (bicyclic) bond motifs is 1. The molecule has 0 radical (unpaired) electrons. The molecule has 0 spiro atoms. The quantitative estimate of drug-likeness (QED) is 0.682. The Morgan fingerprint density at radius 3 is 2.72 bits per heavy atom. The largest absolute Gasteiger partial charge is 0.479 e. The topological polar surface area (TPSA) is 90.4 Å². The number of rotatable bonds is 6. The van der Waals surface area contributed by atoms with Crippen LogP contribution in [0.1, 0.15) is 6.92 Å². The minimum absolute atomic E-state index is 0.407. The lowest BCUT2D eigenvalue weighted by Gasteiger charge is -2.13. The maximum absolute atomic E-state index is 12.0. The van der Waals surface area contributed by atoms with E-state index in [-0.39, 0.29) is 0 Å². The van der Waals surface area contributed by atoms with E-state index in [0.717, 1.165) is 11.7 Å². The van der Waals surface area contributed by atoms with Gasteiger partial charge in [0.25, 0.3) is 5.91 Å². The van der Waals surface area contributed by atoms with Crippen molar-refractivity contribution in [2.45, 2.75) is 13.0 Å². The van der Waals surface area contributed by atoms with E-state index in [1.54, 1.807) is 49.4 Å². The summed E-state index contributed by atoms with van der Waals surface area (Å²) in [6.45, 7) is 1.16. The van der Waals surface area contributed by atoms with E-state index in [2.05, 4.69) is 14.1 Å². The highest BCUT2D eigenvalue weighted by molar-refractivity contribution is 7.00. The van der Waals surface area contributed by atoms with Gasteiger partial charge in [-0.2, -0.15) is 8.75 Å². The number of anilines is 1. The van der Waals surface area contributed by atoms with Crippen LogP contribution in [0, 0.1) is 0 Å². The summed E-state index contributed by atoms with van der Waals surface area (Å²) in [7, 11) is 0. The number of nitrogens with one attached hydrogen (secondary N) is 1. The average Bonchev–Trinajstić information content (AvgIpc) is 3.10. The molecule has 7 nitrogen and oxygen atoms in total. The SMILES string of the molecule is C[C@@H](Oc1ccccc1)C(=O)OCC(=O)Nc1cccc2nsnc12. The summed E-state index contributed by atoms with van der Waals surface area (Å²) in [5.41, 5.74) is 1.83. The Morgan fingerprint density at radius 1 is 1.12 bits per heavy atom. The number of hydrogen-bond donors (Lipinski definition) is 1. The van der Waals surface area contributed by atoms with Gasteiger partial charge in [-0.05, 0) is 31.2 Å². The fraction of sp³-hybridized carbons (Fsp3) is 0.176. The normalized spacial score (nSPS) is 11.7. The van der Waals surface area contributed by atoms with Gasteiger partial charge in [-0.1, -0.05) is 24.3 Å². The highest BCUT2D eigenvalue weighted by Gasteiger charge is 2.18. The standard InChI is InChI=1S/C17H15N3O4S/c1-11(24-12-6-3-2-4-7-12)17(22)23-10-15(21)18-13-8-5-9-14-16(13)20-25-19-14/h2-9,11H,10H2,1H3,(H,18,21)/t11-/m1/s1. The molecule has 0 aliphatic rings. The van der Waals surface area contributed by atoms with E-state index < -0.39 is 24.6 Å². The lowest BCUT2D eigenvalue weighted by atomic mass is 10.2. The molecule has 1 amide bonds. The third-order valence-corrected chi connectivity index (χ3v) is 3.84. The number of benzene rings is 2. The molecule has 0 unspecified atom stereocenters. The lowest BCUT2D eigenvalue weighted by Crippen LogP contribution is -2.29. The molecule has 0 aliphatic heterocycles. The van der Waals surface area contributed by atoms with E-state index in [4.69, 9.17) is 9.47 Å². The first-order valence-electron chi connectivity index (χ1n) is 7.53. The van der Waals surface area contributed by atoms with Gasteiger partial charge >= 0.3 is 5.97 Å². The number of amides is 1. The first kappa shape index (κ1) is 16.8.